The summed E-state index contributed by atoms with van der Waals surface area (Å²) in [5.41, 5.74) is 5.38. The molecule has 4 rings (SSSR count). The van der Waals surface area contributed by atoms with Gasteiger partial charge in [-0.1, -0.05) is 57.8 Å². The molecule has 1 aliphatic heterocycles. The highest BCUT2D eigenvalue weighted by Crippen LogP contribution is 2.21. The monoisotopic (exact) mass is 387 g/mol. The first-order chi connectivity index (χ1) is 13.9. The van der Waals surface area contributed by atoms with E-state index in [-0.39, 0.29) is 0 Å². The van der Waals surface area contributed by atoms with Crippen LogP contribution >= 0.6 is 0 Å². The predicted molar refractivity (Wildman–Crippen MR) is 113 cm³/mol. The van der Waals surface area contributed by atoms with E-state index in [1.54, 1.807) is 0 Å². The van der Waals surface area contributed by atoms with Crippen LogP contribution < -0.4 is 5.43 Å². The van der Waals surface area contributed by atoms with Crippen LogP contribution in [0.2, 0.25) is 0 Å². The molecule has 6 heteroatoms. The first-order valence-electron chi connectivity index (χ1n) is 11.3. The van der Waals surface area contributed by atoms with Gasteiger partial charge in [0.05, 0.1) is 5.69 Å². The number of hydrazine groups is 1. The summed E-state index contributed by atoms with van der Waals surface area (Å²) < 4.78 is 4.56. The van der Waals surface area contributed by atoms with Crippen molar-refractivity contribution in [3.05, 3.63) is 24.6 Å². The van der Waals surface area contributed by atoms with Crippen molar-refractivity contribution in [3.63, 3.8) is 0 Å². The number of aromatic nitrogens is 3. The van der Waals surface area contributed by atoms with E-state index < -0.39 is 0 Å². The molecule has 0 unspecified atom stereocenters. The zero-order valence-electron chi connectivity index (χ0n) is 17.2. The van der Waals surface area contributed by atoms with Crippen molar-refractivity contribution < 1.29 is 4.52 Å². The zero-order valence-corrected chi connectivity index (χ0v) is 17.2. The molecule has 28 heavy (non-hydrogen) atoms. The highest BCUT2D eigenvalue weighted by Gasteiger charge is 2.18. The summed E-state index contributed by atoms with van der Waals surface area (Å²) in [6, 6.07) is 4.62. The fraction of sp³-hybridized carbons (Fsp3) is 0.727. The lowest BCUT2D eigenvalue weighted by molar-refractivity contribution is 0.107. The van der Waals surface area contributed by atoms with Crippen molar-refractivity contribution in [1.29, 1.82) is 0 Å². The number of rotatable bonds is 2. The molecule has 2 aromatic heterocycles. The van der Waals surface area contributed by atoms with Gasteiger partial charge in [-0.2, -0.15) is 0 Å². The highest BCUT2D eigenvalue weighted by atomic mass is 16.5. The minimum absolute atomic E-state index is 0.727. The maximum Gasteiger partial charge on any atom is 0.153 e. The lowest BCUT2D eigenvalue weighted by Crippen LogP contribution is -2.46. The van der Waals surface area contributed by atoms with Crippen LogP contribution in [0.25, 0.3) is 11.4 Å². The molecule has 2 fully saturated rings. The second-order valence-electron chi connectivity index (χ2n) is 8.10. The highest BCUT2D eigenvalue weighted by molar-refractivity contribution is 5.51. The van der Waals surface area contributed by atoms with E-state index in [2.05, 4.69) is 30.3 Å². The molecule has 2 aliphatic rings. The van der Waals surface area contributed by atoms with Gasteiger partial charge < -0.3 is 9.51 Å². The number of aromatic amines is 1. The van der Waals surface area contributed by atoms with E-state index in [9.17, 15) is 0 Å². The minimum Gasteiger partial charge on any atom is -0.360 e. The summed E-state index contributed by atoms with van der Waals surface area (Å²) in [6.07, 6.45) is 22.0. The van der Waals surface area contributed by atoms with Crippen molar-refractivity contribution in [3.8, 4) is 11.4 Å². The normalized spacial score (nSPS) is 21.1. The minimum atomic E-state index is 0.727. The lowest BCUT2D eigenvalue weighted by Gasteiger charge is -2.32. The molecule has 0 bridgehead atoms. The second-order valence-corrected chi connectivity index (χ2v) is 8.10. The van der Waals surface area contributed by atoms with Crippen molar-refractivity contribution in [2.75, 3.05) is 13.1 Å². The Morgan fingerprint density at radius 2 is 1.61 bits per heavy atom. The summed E-state index contributed by atoms with van der Waals surface area (Å²) in [6.45, 7) is 2.49. The predicted octanol–water partition coefficient (Wildman–Crippen LogP) is 5.32. The largest absolute Gasteiger partial charge is 0.360 e. The Hall–Kier alpha value is -1.66. The summed E-state index contributed by atoms with van der Waals surface area (Å²) in [4.78, 5) is 2.98. The van der Waals surface area contributed by atoms with Gasteiger partial charge in [-0.05, 0) is 37.8 Å². The molecule has 0 amide bonds. The summed E-state index contributed by atoms with van der Waals surface area (Å²) in [5, 5.41) is 9.67. The number of nitrogens with one attached hydrogen (secondary N) is 2. The fourth-order valence-electron chi connectivity index (χ4n) is 4.25. The van der Waals surface area contributed by atoms with Crippen LogP contribution in [0.15, 0.2) is 29.1 Å². The Balaban J connectivity index is 0.000000188. The third kappa shape index (κ3) is 7.40. The molecular weight excluding hydrogens is 350 g/mol. The summed E-state index contributed by atoms with van der Waals surface area (Å²) in [5.74, 6) is 0. The molecule has 0 atom stereocenters. The molecule has 0 aromatic carbocycles. The number of hydrogen-bond acceptors (Lipinski definition) is 5. The maximum atomic E-state index is 4.56. The molecule has 0 spiro atoms. The van der Waals surface area contributed by atoms with Crippen LogP contribution in [0.5, 0.6) is 0 Å². The second kappa shape index (κ2) is 12.7. The number of H-pyrrole nitrogens is 1. The quantitative estimate of drug-likeness (QED) is 0.729. The van der Waals surface area contributed by atoms with E-state index in [4.69, 9.17) is 0 Å². The van der Waals surface area contributed by atoms with Crippen molar-refractivity contribution >= 4 is 0 Å². The van der Waals surface area contributed by atoms with Gasteiger partial charge in [0.1, 0.15) is 0 Å². The Kier molecular flexibility index (Phi) is 9.57. The molecule has 3 heterocycles. The van der Waals surface area contributed by atoms with Crippen LogP contribution in [-0.2, 0) is 0 Å². The average Bonchev–Trinajstić information content (AvgIpc) is 3.45. The molecule has 1 saturated carbocycles. The fourth-order valence-corrected chi connectivity index (χ4v) is 4.25. The van der Waals surface area contributed by atoms with Crippen LogP contribution in [-0.4, -0.2) is 39.5 Å². The van der Waals surface area contributed by atoms with Gasteiger partial charge in [0.15, 0.2) is 12.0 Å². The molecule has 1 saturated heterocycles. The van der Waals surface area contributed by atoms with Crippen molar-refractivity contribution in [1.82, 2.24) is 25.8 Å². The van der Waals surface area contributed by atoms with Gasteiger partial charge in [0.2, 0.25) is 0 Å². The molecule has 6 nitrogen and oxygen atoms in total. The topological polar surface area (TPSA) is 70.0 Å². The van der Waals surface area contributed by atoms with Gasteiger partial charge in [-0.25, -0.2) is 5.01 Å². The van der Waals surface area contributed by atoms with Gasteiger partial charge in [0.25, 0.3) is 0 Å². The van der Waals surface area contributed by atoms with E-state index >= 15 is 0 Å². The van der Waals surface area contributed by atoms with Gasteiger partial charge in [-0.3, -0.25) is 5.43 Å². The third-order valence-corrected chi connectivity index (χ3v) is 5.89. The Labute approximate surface area is 169 Å². The van der Waals surface area contributed by atoms with Crippen LogP contribution in [0, 0.1) is 0 Å². The standard InChI is InChI=1S/C16H32N2.C6H5N3O/c1-2-5-9-13-16(12-8-4-1)18-15-11-7-3-6-10-14-17-18;1-2-5(7-3-1)6-4-10-9-8-6/h16-17H,1-15H2;1-4,7H. The summed E-state index contributed by atoms with van der Waals surface area (Å²) in [7, 11) is 0. The molecule has 2 aromatic rings. The van der Waals surface area contributed by atoms with Gasteiger partial charge >= 0.3 is 0 Å². The third-order valence-electron chi connectivity index (χ3n) is 5.89. The van der Waals surface area contributed by atoms with Gasteiger partial charge in [-0.15, -0.1) is 5.10 Å². The first kappa shape index (κ1) is 21.1. The Bertz CT molecular complexity index is 524. The van der Waals surface area contributed by atoms with E-state index in [0.29, 0.717) is 0 Å². The SMILES string of the molecule is C1CCCCC(N2CCCCCCCN2)CCC1.c1c[nH]c(-c2conn2)c1. The van der Waals surface area contributed by atoms with E-state index in [0.717, 1.165) is 17.4 Å². The van der Waals surface area contributed by atoms with Gasteiger partial charge in [0, 0.05) is 30.6 Å². The van der Waals surface area contributed by atoms with E-state index in [1.807, 2.05) is 18.3 Å². The van der Waals surface area contributed by atoms with Crippen LogP contribution in [0.4, 0.5) is 0 Å². The smallest absolute Gasteiger partial charge is 0.153 e. The Morgan fingerprint density at radius 1 is 0.893 bits per heavy atom. The molecule has 0 radical (unpaired) electrons. The summed E-state index contributed by atoms with van der Waals surface area (Å²) >= 11 is 0. The molecule has 1 aliphatic carbocycles. The Morgan fingerprint density at radius 3 is 2.29 bits per heavy atom. The average molecular weight is 388 g/mol. The van der Waals surface area contributed by atoms with Crippen LogP contribution in [0.1, 0.15) is 83.5 Å². The number of nitrogens with zero attached hydrogens (tertiary/aromatic N) is 3. The molecular formula is C22H37N5O. The zero-order chi connectivity index (χ0) is 19.3. The number of hydrogen-bond donors (Lipinski definition) is 2. The molecule has 156 valence electrons. The molecule has 2 N–H and O–H groups in total. The lowest BCUT2D eigenvalue weighted by atomic mass is 10.0. The van der Waals surface area contributed by atoms with E-state index in [1.165, 1.54) is 103 Å². The maximum absolute atomic E-state index is 4.56. The van der Waals surface area contributed by atoms with Crippen molar-refractivity contribution in [2.45, 2.75) is 89.5 Å². The van der Waals surface area contributed by atoms with Crippen LogP contribution in [0.3, 0.4) is 0 Å². The van der Waals surface area contributed by atoms with Crippen molar-refractivity contribution in [2.24, 2.45) is 0 Å². The first-order valence-corrected chi connectivity index (χ1v) is 11.3.